The van der Waals surface area contributed by atoms with E-state index in [0.29, 0.717) is 12.1 Å². The molecule has 2 aliphatic carbocycles. The van der Waals surface area contributed by atoms with Crippen molar-refractivity contribution in [2.75, 3.05) is 0 Å². The van der Waals surface area contributed by atoms with Gasteiger partial charge < -0.3 is 0 Å². The average Bonchev–Trinajstić information content (AvgIpc) is 2.96. The molecule has 2 aliphatic heterocycles. The van der Waals surface area contributed by atoms with Gasteiger partial charge in [-0.15, -0.1) is 0 Å². The molecular formula is C18H30N2O. The van der Waals surface area contributed by atoms with Crippen LogP contribution in [0.4, 0.5) is 0 Å². The molecule has 0 aromatic carbocycles. The Labute approximate surface area is 129 Å². The minimum atomic E-state index is 0.139. The highest BCUT2D eigenvalue weighted by atomic mass is 16.7. The molecule has 0 aromatic rings. The number of hydrogen-bond acceptors (Lipinski definition) is 3. The second kappa shape index (κ2) is 4.32. The van der Waals surface area contributed by atoms with Crippen LogP contribution in [-0.4, -0.2) is 34.0 Å². The van der Waals surface area contributed by atoms with E-state index < -0.39 is 0 Å². The van der Waals surface area contributed by atoms with Gasteiger partial charge in [0.15, 0.2) is 0 Å². The van der Waals surface area contributed by atoms with Gasteiger partial charge in [0.2, 0.25) is 0 Å². The van der Waals surface area contributed by atoms with Crippen LogP contribution in [0.25, 0.3) is 0 Å². The van der Waals surface area contributed by atoms with E-state index in [2.05, 4.69) is 39.7 Å². The first kappa shape index (κ1) is 14.2. The van der Waals surface area contributed by atoms with E-state index in [1.54, 1.807) is 0 Å². The molecule has 0 aromatic heterocycles. The van der Waals surface area contributed by atoms with Crippen LogP contribution in [0.15, 0.2) is 4.99 Å². The van der Waals surface area contributed by atoms with E-state index in [9.17, 15) is 0 Å². The van der Waals surface area contributed by atoms with Gasteiger partial charge in [0.1, 0.15) is 6.10 Å². The number of rotatable bonds is 2. The highest BCUT2D eigenvalue weighted by Crippen LogP contribution is 2.56. The Morgan fingerprint density at radius 3 is 2.43 bits per heavy atom. The summed E-state index contributed by atoms with van der Waals surface area (Å²) in [5.74, 6) is 2.30. The molecule has 2 bridgehead atoms. The second-order valence-electron chi connectivity index (χ2n) is 9.11. The summed E-state index contributed by atoms with van der Waals surface area (Å²) < 4.78 is 0. The zero-order chi connectivity index (χ0) is 15.0. The Kier molecular flexibility index (Phi) is 2.92. The molecule has 2 saturated carbocycles. The van der Waals surface area contributed by atoms with Gasteiger partial charge in [0, 0.05) is 22.7 Å². The largest absolute Gasteiger partial charge is 0.292 e. The van der Waals surface area contributed by atoms with Crippen LogP contribution in [0.2, 0.25) is 0 Å². The molecule has 3 fully saturated rings. The van der Waals surface area contributed by atoms with Crippen LogP contribution in [0.5, 0.6) is 0 Å². The van der Waals surface area contributed by atoms with Crippen molar-refractivity contribution in [2.24, 2.45) is 22.7 Å². The number of nitrogens with zero attached hydrogens (tertiary/aromatic N) is 2. The fraction of sp³-hybridized carbons (Fsp3) is 0.944. The molecule has 0 radical (unpaired) electrons. The van der Waals surface area contributed by atoms with Crippen molar-refractivity contribution in [1.29, 1.82) is 0 Å². The van der Waals surface area contributed by atoms with Crippen LogP contribution in [0.1, 0.15) is 66.7 Å². The van der Waals surface area contributed by atoms with Gasteiger partial charge in [0.25, 0.3) is 0 Å². The standard InChI is InChI=1S/C18H30N2O/c1-11-13-9-12-10-14(13)15(19-11)16(12)21-20-17(2,3)7-6-8-18(20,4)5/h12-16H,6-10H2,1-5H3/t12-,13-,14-,15+,16+/m1/s1. The molecule has 21 heavy (non-hydrogen) atoms. The fourth-order valence-electron chi connectivity index (χ4n) is 5.79. The van der Waals surface area contributed by atoms with Crippen LogP contribution in [-0.2, 0) is 4.84 Å². The SMILES string of the molecule is CC1=N[C@H]2[C@@H]3C[C@@H](C[C@H]13)[C@@H]2ON1C(C)(C)CCCC1(C)C. The van der Waals surface area contributed by atoms with E-state index in [-0.39, 0.29) is 11.1 Å². The maximum Gasteiger partial charge on any atom is 0.105 e. The minimum absolute atomic E-state index is 0.139. The van der Waals surface area contributed by atoms with Gasteiger partial charge in [-0.25, -0.2) is 0 Å². The van der Waals surface area contributed by atoms with Gasteiger partial charge >= 0.3 is 0 Å². The van der Waals surface area contributed by atoms with Gasteiger partial charge in [-0.3, -0.25) is 9.83 Å². The quantitative estimate of drug-likeness (QED) is 0.772. The highest BCUT2D eigenvalue weighted by Gasteiger charge is 2.59. The van der Waals surface area contributed by atoms with Gasteiger partial charge in [-0.2, -0.15) is 5.06 Å². The molecule has 0 N–H and O–H groups in total. The van der Waals surface area contributed by atoms with Crippen LogP contribution in [0, 0.1) is 17.8 Å². The maximum absolute atomic E-state index is 6.72. The molecule has 0 amide bonds. The molecule has 3 heteroatoms. The Hall–Kier alpha value is -0.410. The van der Waals surface area contributed by atoms with Gasteiger partial charge in [0.05, 0.1) is 6.04 Å². The smallest absolute Gasteiger partial charge is 0.105 e. The summed E-state index contributed by atoms with van der Waals surface area (Å²) in [6.45, 7) is 11.6. The lowest BCUT2D eigenvalue weighted by Crippen LogP contribution is -2.60. The summed E-state index contributed by atoms with van der Waals surface area (Å²) in [7, 11) is 0. The van der Waals surface area contributed by atoms with Crippen LogP contribution < -0.4 is 0 Å². The Morgan fingerprint density at radius 1 is 1.10 bits per heavy atom. The third kappa shape index (κ3) is 1.96. The first-order chi connectivity index (χ1) is 9.79. The van der Waals surface area contributed by atoms with Crippen molar-refractivity contribution in [2.45, 2.75) is 89.9 Å². The minimum Gasteiger partial charge on any atom is -0.292 e. The molecule has 1 saturated heterocycles. The Morgan fingerprint density at radius 2 is 1.76 bits per heavy atom. The lowest BCUT2D eigenvalue weighted by Gasteiger charge is -2.53. The lowest BCUT2D eigenvalue weighted by molar-refractivity contribution is -0.313. The molecule has 2 heterocycles. The summed E-state index contributed by atoms with van der Waals surface area (Å²) in [5.41, 5.74) is 1.68. The molecular weight excluding hydrogens is 260 g/mol. The maximum atomic E-state index is 6.72. The number of piperidine rings is 1. The Bertz CT molecular complexity index is 466. The van der Waals surface area contributed by atoms with Crippen molar-refractivity contribution in [3.8, 4) is 0 Å². The zero-order valence-corrected chi connectivity index (χ0v) is 14.2. The monoisotopic (exact) mass is 290 g/mol. The highest BCUT2D eigenvalue weighted by molar-refractivity contribution is 5.87. The Balaban J connectivity index is 1.58. The number of fused-ring (bicyclic) bond motifs is 1. The number of aliphatic imine (C=N–C) groups is 1. The lowest BCUT2D eigenvalue weighted by atomic mass is 9.82. The number of hydroxylamine groups is 2. The van der Waals surface area contributed by atoms with E-state index in [4.69, 9.17) is 9.83 Å². The molecule has 0 spiro atoms. The summed E-state index contributed by atoms with van der Waals surface area (Å²) in [5, 5.41) is 2.35. The predicted molar refractivity (Wildman–Crippen MR) is 85.3 cm³/mol. The molecule has 118 valence electrons. The van der Waals surface area contributed by atoms with Gasteiger partial charge in [-0.05, 0) is 78.6 Å². The predicted octanol–water partition coefficient (Wildman–Crippen LogP) is 3.83. The summed E-state index contributed by atoms with van der Waals surface area (Å²) in [4.78, 5) is 11.7. The van der Waals surface area contributed by atoms with Crippen molar-refractivity contribution in [3.05, 3.63) is 0 Å². The number of hydrogen-bond donors (Lipinski definition) is 0. The zero-order valence-electron chi connectivity index (χ0n) is 14.2. The average molecular weight is 290 g/mol. The molecule has 4 rings (SSSR count). The van der Waals surface area contributed by atoms with E-state index in [0.717, 1.165) is 17.8 Å². The summed E-state index contributed by atoms with van der Waals surface area (Å²) in [6.07, 6.45) is 6.75. The van der Waals surface area contributed by atoms with Crippen LogP contribution in [0.3, 0.4) is 0 Å². The normalized spacial score (nSPS) is 46.9. The van der Waals surface area contributed by atoms with Crippen molar-refractivity contribution < 1.29 is 4.84 Å². The third-order valence-electron chi connectivity index (χ3n) is 6.68. The van der Waals surface area contributed by atoms with Crippen molar-refractivity contribution in [3.63, 3.8) is 0 Å². The second-order valence-corrected chi connectivity index (χ2v) is 9.11. The van der Waals surface area contributed by atoms with E-state index >= 15 is 0 Å². The van der Waals surface area contributed by atoms with Crippen LogP contribution >= 0.6 is 0 Å². The molecule has 0 unspecified atom stereocenters. The topological polar surface area (TPSA) is 24.8 Å². The van der Waals surface area contributed by atoms with E-state index in [1.807, 2.05) is 0 Å². The van der Waals surface area contributed by atoms with Gasteiger partial charge in [-0.1, -0.05) is 0 Å². The summed E-state index contributed by atoms with van der Waals surface area (Å²) >= 11 is 0. The first-order valence-electron chi connectivity index (χ1n) is 8.81. The molecule has 3 nitrogen and oxygen atoms in total. The summed E-state index contributed by atoms with van der Waals surface area (Å²) in [6, 6.07) is 0.447. The molecule has 4 aliphatic rings. The molecule has 5 atom stereocenters. The first-order valence-corrected chi connectivity index (χ1v) is 8.81. The fourth-order valence-corrected chi connectivity index (χ4v) is 5.79. The van der Waals surface area contributed by atoms with Crippen molar-refractivity contribution >= 4 is 5.71 Å². The third-order valence-corrected chi connectivity index (χ3v) is 6.68. The van der Waals surface area contributed by atoms with E-state index in [1.165, 1.54) is 37.8 Å². The van der Waals surface area contributed by atoms with Crippen molar-refractivity contribution in [1.82, 2.24) is 5.06 Å².